The van der Waals surface area contributed by atoms with Gasteiger partial charge in [0.1, 0.15) is 6.04 Å². The molecule has 0 aromatic heterocycles. The van der Waals surface area contributed by atoms with Gasteiger partial charge in [0.15, 0.2) is 0 Å². The summed E-state index contributed by atoms with van der Waals surface area (Å²) in [4.78, 5) is 24.8. The SMILES string of the molecule is C[C@H](NC(=O)[C@@H]1CCCN1)C(=O)OP(=O)(c1ccccc1)c1ccccc1. The second-order valence-electron chi connectivity index (χ2n) is 6.51. The highest BCUT2D eigenvalue weighted by Gasteiger charge is 2.34. The molecule has 6 nitrogen and oxygen atoms in total. The smallest absolute Gasteiger partial charge is 0.333 e. The highest BCUT2D eigenvalue weighted by atomic mass is 31.2. The lowest BCUT2D eigenvalue weighted by Crippen LogP contribution is -2.47. The molecule has 0 aliphatic carbocycles. The van der Waals surface area contributed by atoms with Crippen molar-refractivity contribution in [3.05, 3.63) is 60.7 Å². The third-order valence-corrected chi connectivity index (χ3v) is 6.89. The molecule has 1 heterocycles. The van der Waals surface area contributed by atoms with Gasteiger partial charge >= 0.3 is 13.3 Å². The van der Waals surface area contributed by atoms with Crippen molar-refractivity contribution in [2.75, 3.05) is 6.54 Å². The number of hydrogen-bond donors (Lipinski definition) is 2. The maximum absolute atomic E-state index is 13.7. The molecule has 27 heavy (non-hydrogen) atoms. The van der Waals surface area contributed by atoms with Crippen LogP contribution < -0.4 is 21.2 Å². The molecule has 2 aromatic rings. The van der Waals surface area contributed by atoms with Crippen LogP contribution in [-0.2, 0) is 18.7 Å². The van der Waals surface area contributed by atoms with Crippen molar-refractivity contribution in [3.63, 3.8) is 0 Å². The lowest BCUT2D eigenvalue weighted by Gasteiger charge is -2.22. The molecule has 7 heteroatoms. The molecule has 142 valence electrons. The molecule has 3 rings (SSSR count). The first-order chi connectivity index (χ1) is 13.0. The zero-order valence-electron chi connectivity index (χ0n) is 15.1. The molecule has 0 saturated carbocycles. The summed E-state index contributed by atoms with van der Waals surface area (Å²) in [6.45, 7) is 2.32. The van der Waals surface area contributed by atoms with Gasteiger partial charge in [-0.05, 0) is 50.6 Å². The molecule has 0 unspecified atom stereocenters. The first-order valence-corrected chi connectivity index (χ1v) is 10.6. The van der Waals surface area contributed by atoms with Crippen molar-refractivity contribution < 1.29 is 18.7 Å². The van der Waals surface area contributed by atoms with Crippen molar-refractivity contribution in [3.8, 4) is 0 Å². The molecule has 2 aromatic carbocycles. The van der Waals surface area contributed by atoms with Gasteiger partial charge in [-0.2, -0.15) is 0 Å². The van der Waals surface area contributed by atoms with Gasteiger partial charge in [-0.25, -0.2) is 4.79 Å². The third-order valence-electron chi connectivity index (χ3n) is 4.50. The molecule has 2 atom stereocenters. The lowest BCUT2D eigenvalue weighted by atomic mass is 10.2. The van der Waals surface area contributed by atoms with Crippen LogP contribution in [0, 0.1) is 0 Å². The van der Waals surface area contributed by atoms with E-state index in [1.165, 1.54) is 6.92 Å². The van der Waals surface area contributed by atoms with Gasteiger partial charge in [-0.3, -0.25) is 9.36 Å². The lowest BCUT2D eigenvalue weighted by molar-refractivity contribution is -0.138. The topological polar surface area (TPSA) is 84.5 Å². The van der Waals surface area contributed by atoms with Crippen molar-refractivity contribution in [1.29, 1.82) is 0 Å². The first-order valence-electron chi connectivity index (χ1n) is 8.99. The summed E-state index contributed by atoms with van der Waals surface area (Å²) in [6.07, 6.45) is 1.66. The minimum absolute atomic E-state index is 0.244. The summed E-state index contributed by atoms with van der Waals surface area (Å²) in [5.74, 6) is -0.969. The maximum Gasteiger partial charge on any atom is 0.333 e. The minimum atomic E-state index is -3.62. The van der Waals surface area contributed by atoms with E-state index in [0.29, 0.717) is 10.6 Å². The van der Waals surface area contributed by atoms with E-state index < -0.39 is 19.4 Å². The molecule has 1 aliphatic heterocycles. The van der Waals surface area contributed by atoms with Crippen LogP contribution in [0.4, 0.5) is 0 Å². The van der Waals surface area contributed by atoms with E-state index in [4.69, 9.17) is 4.52 Å². The Labute approximate surface area is 158 Å². The number of carbonyl (C=O) groups excluding carboxylic acids is 2. The summed E-state index contributed by atoms with van der Waals surface area (Å²) in [6, 6.07) is 16.1. The summed E-state index contributed by atoms with van der Waals surface area (Å²) in [5, 5.41) is 6.59. The molecule has 0 radical (unpaired) electrons. The summed E-state index contributed by atoms with van der Waals surface area (Å²) < 4.78 is 19.2. The number of rotatable bonds is 6. The van der Waals surface area contributed by atoms with Crippen molar-refractivity contribution in [2.45, 2.75) is 31.8 Å². The molecule has 0 bridgehead atoms. The van der Waals surface area contributed by atoms with Crippen LogP contribution in [-0.4, -0.2) is 30.5 Å². The van der Waals surface area contributed by atoms with Crippen LogP contribution in [0.3, 0.4) is 0 Å². The highest BCUT2D eigenvalue weighted by molar-refractivity contribution is 7.74. The van der Waals surface area contributed by atoms with Crippen LogP contribution in [0.15, 0.2) is 60.7 Å². The molecule has 1 amide bonds. The predicted octanol–water partition coefficient (Wildman–Crippen LogP) is 1.72. The summed E-state index contributed by atoms with van der Waals surface area (Å²) in [7, 11) is -3.62. The summed E-state index contributed by atoms with van der Waals surface area (Å²) >= 11 is 0. The Bertz CT molecular complexity index is 792. The van der Waals surface area contributed by atoms with Crippen molar-refractivity contribution >= 4 is 29.9 Å². The quantitative estimate of drug-likeness (QED) is 0.739. The Morgan fingerprint density at radius 1 is 1.07 bits per heavy atom. The fourth-order valence-electron chi connectivity index (χ4n) is 2.99. The van der Waals surface area contributed by atoms with E-state index >= 15 is 0 Å². The molecule has 1 saturated heterocycles. The Hall–Kier alpha value is -2.43. The van der Waals surface area contributed by atoms with E-state index in [2.05, 4.69) is 10.6 Å². The number of hydrogen-bond acceptors (Lipinski definition) is 5. The van der Waals surface area contributed by atoms with Crippen LogP contribution in [0.5, 0.6) is 0 Å². The second-order valence-corrected chi connectivity index (χ2v) is 8.83. The van der Waals surface area contributed by atoms with Gasteiger partial charge in [-0.15, -0.1) is 0 Å². The van der Waals surface area contributed by atoms with Gasteiger partial charge in [0, 0.05) is 0 Å². The fourth-order valence-corrected chi connectivity index (χ4v) is 5.04. The van der Waals surface area contributed by atoms with Crippen LogP contribution in [0.2, 0.25) is 0 Å². The van der Waals surface area contributed by atoms with Crippen molar-refractivity contribution in [2.24, 2.45) is 0 Å². The molecular weight excluding hydrogens is 363 g/mol. The first kappa shape index (κ1) is 19.3. The summed E-state index contributed by atoms with van der Waals surface area (Å²) in [5.41, 5.74) is 0. The average molecular weight is 386 g/mol. The van der Waals surface area contributed by atoms with Gasteiger partial charge in [-0.1, -0.05) is 36.4 Å². The molecule has 1 fully saturated rings. The number of benzene rings is 2. The normalized spacial score (nSPS) is 17.9. The highest BCUT2D eigenvalue weighted by Crippen LogP contribution is 2.44. The third kappa shape index (κ3) is 4.46. The predicted molar refractivity (Wildman–Crippen MR) is 104 cm³/mol. The Balaban J connectivity index is 1.79. The Morgan fingerprint density at radius 2 is 1.63 bits per heavy atom. The zero-order valence-corrected chi connectivity index (χ0v) is 16.0. The van der Waals surface area contributed by atoms with E-state index in [9.17, 15) is 14.2 Å². The number of carbonyl (C=O) groups is 2. The second kappa shape index (κ2) is 8.51. The number of amides is 1. The zero-order chi connectivity index (χ0) is 19.3. The van der Waals surface area contributed by atoms with Gasteiger partial charge < -0.3 is 15.2 Å². The van der Waals surface area contributed by atoms with Gasteiger partial charge in [0.2, 0.25) is 5.91 Å². The van der Waals surface area contributed by atoms with E-state index in [-0.39, 0.29) is 11.9 Å². The standard InChI is InChI=1S/C20H23N2O4P/c1-15(22-19(23)18-13-8-14-21-18)20(24)26-27(25,16-9-4-2-5-10-16)17-11-6-3-7-12-17/h2-7,9-12,15,18,21H,8,13-14H2,1H3,(H,22,23)/t15-,18-/m0/s1. The van der Waals surface area contributed by atoms with Crippen LogP contribution in [0.25, 0.3) is 0 Å². The van der Waals surface area contributed by atoms with E-state index in [1.54, 1.807) is 60.7 Å². The largest absolute Gasteiger partial charge is 0.403 e. The minimum Gasteiger partial charge on any atom is -0.403 e. The Kier molecular flexibility index (Phi) is 6.09. The van der Waals surface area contributed by atoms with Crippen LogP contribution in [0.1, 0.15) is 19.8 Å². The monoisotopic (exact) mass is 386 g/mol. The van der Waals surface area contributed by atoms with Crippen LogP contribution >= 0.6 is 7.37 Å². The molecular formula is C20H23N2O4P. The van der Waals surface area contributed by atoms with E-state index in [0.717, 1.165) is 19.4 Å². The molecule has 1 aliphatic rings. The average Bonchev–Trinajstić information content (AvgIpc) is 3.24. The Morgan fingerprint density at radius 3 is 2.11 bits per heavy atom. The molecule has 2 N–H and O–H groups in total. The molecule has 0 spiro atoms. The van der Waals surface area contributed by atoms with Crippen molar-refractivity contribution in [1.82, 2.24) is 10.6 Å². The maximum atomic E-state index is 13.7. The van der Waals surface area contributed by atoms with Gasteiger partial charge in [0.25, 0.3) is 0 Å². The fraction of sp³-hybridized carbons (Fsp3) is 0.300. The van der Waals surface area contributed by atoms with E-state index in [1.807, 2.05) is 0 Å². The number of nitrogens with one attached hydrogen (secondary N) is 2. The van der Waals surface area contributed by atoms with Gasteiger partial charge in [0.05, 0.1) is 16.7 Å².